The average molecular weight is 275 g/mol. The minimum absolute atomic E-state index is 0.102. The van der Waals surface area contributed by atoms with Crippen LogP contribution in [-0.4, -0.2) is 13.2 Å². The summed E-state index contributed by atoms with van der Waals surface area (Å²) >= 11 is 0. The minimum atomic E-state index is -2.81. The van der Waals surface area contributed by atoms with Crippen LogP contribution in [0.25, 0.3) is 0 Å². The van der Waals surface area contributed by atoms with E-state index in [4.69, 9.17) is 4.74 Å². The van der Waals surface area contributed by atoms with Gasteiger partial charge in [0.05, 0.1) is 6.04 Å². The molecule has 1 heterocycles. The number of hydrogen-bond donors (Lipinski definition) is 1. The quantitative estimate of drug-likeness (QED) is 0.925. The molecule has 4 heteroatoms. The van der Waals surface area contributed by atoms with Crippen molar-refractivity contribution in [3.8, 4) is 5.75 Å². The van der Waals surface area contributed by atoms with Crippen molar-refractivity contribution in [3.05, 3.63) is 65.2 Å². The molecule has 0 fully saturated rings. The first-order valence-corrected chi connectivity index (χ1v) is 6.60. The molecular weight excluding hydrogens is 260 g/mol. The molecule has 0 amide bonds. The van der Waals surface area contributed by atoms with Gasteiger partial charge in [-0.05, 0) is 23.6 Å². The first-order valence-electron chi connectivity index (χ1n) is 6.60. The Morgan fingerprint density at radius 1 is 1.05 bits per heavy atom. The van der Waals surface area contributed by atoms with Crippen molar-refractivity contribution >= 4 is 0 Å². The summed E-state index contributed by atoms with van der Waals surface area (Å²) in [5.41, 5.74) is 2.94. The maximum Gasteiger partial charge on any atom is 0.387 e. The number of hydrogen-bond acceptors (Lipinski definition) is 2. The van der Waals surface area contributed by atoms with Gasteiger partial charge in [0.25, 0.3) is 0 Å². The summed E-state index contributed by atoms with van der Waals surface area (Å²) < 4.78 is 29.8. The second-order valence-electron chi connectivity index (χ2n) is 4.76. The molecular formula is C16H15F2NO. The largest absolute Gasteiger partial charge is 0.434 e. The molecule has 2 aromatic carbocycles. The fourth-order valence-corrected chi connectivity index (χ4v) is 2.72. The molecule has 1 aliphatic rings. The number of halogens is 2. The van der Waals surface area contributed by atoms with Gasteiger partial charge in [0, 0.05) is 12.1 Å². The van der Waals surface area contributed by atoms with Crippen LogP contribution >= 0.6 is 0 Å². The third-order valence-electron chi connectivity index (χ3n) is 3.54. The van der Waals surface area contributed by atoms with Gasteiger partial charge in [-0.15, -0.1) is 0 Å². The lowest BCUT2D eigenvalue weighted by molar-refractivity contribution is -0.0507. The highest BCUT2D eigenvalue weighted by Crippen LogP contribution is 2.36. The first-order chi connectivity index (χ1) is 9.75. The summed E-state index contributed by atoms with van der Waals surface area (Å²) in [7, 11) is 0. The zero-order valence-corrected chi connectivity index (χ0v) is 10.9. The van der Waals surface area contributed by atoms with Crippen molar-refractivity contribution < 1.29 is 13.5 Å². The highest BCUT2D eigenvalue weighted by molar-refractivity contribution is 5.48. The highest BCUT2D eigenvalue weighted by atomic mass is 19.3. The molecule has 3 rings (SSSR count). The van der Waals surface area contributed by atoms with Crippen LogP contribution < -0.4 is 10.1 Å². The van der Waals surface area contributed by atoms with E-state index in [0.29, 0.717) is 0 Å². The van der Waals surface area contributed by atoms with E-state index in [1.165, 1.54) is 0 Å². The van der Waals surface area contributed by atoms with Gasteiger partial charge in [0.1, 0.15) is 5.75 Å². The Bertz CT molecular complexity index is 586. The van der Waals surface area contributed by atoms with E-state index in [1.807, 2.05) is 36.4 Å². The Morgan fingerprint density at radius 3 is 2.60 bits per heavy atom. The Labute approximate surface area is 116 Å². The van der Waals surface area contributed by atoms with E-state index < -0.39 is 6.61 Å². The molecule has 0 bridgehead atoms. The summed E-state index contributed by atoms with van der Waals surface area (Å²) in [6.07, 6.45) is 0.819. The maximum atomic E-state index is 12.6. The van der Waals surface area contributed by atoms with Gasteiger partial charge in [-0.3, -0.25) is 0 Å². The normalized spacial score (nSPS) is 17.9. The lowest BCUT2D eigenvalue weighted by Crippen LogP contribution is -2.31. The zero-order chi connectivity index (χ0) is 13.9. The van der Waals surface area contributed by atoms with Crippen LogP contribution in [0.2, 0.25) is 0 Å². The number of ether oxygens (including phenoxy) is 1. The van der Waals surface area contributed by atoms with E-state index in [9.17, 15) is 8.78 Å². The number of rotatable bonds is 3. The Morgan fingerprint density at radius 2 is 1.85 bits per heavy atom. The van der Waals surface area contributed by atoms with Crippen LogP contribution in [0, 0.1) is 0 Å². The Balaban J connectivity index is 2.06. The lowest BCUT2D eigenvalue weighted by atomic mass is 9.89. The highest BCUT2D eigenvalue weighted by Gasteiger charge is 2.25. The van der Waals surface area contributed by atoms with Gasteiger partial charge in [-0.25, -0.2) is 0 Å². The predicted octanol–water partition coefficient (Wildman–Crippen LogP) is 3.52. The minimum Gasteiger partial charge on any atom is -0.434 e. The predicted molar refractivity (Wildman–Crippen MR) is 73.1 cm³/mol. The molecule has 20 heavy (non-hydrogen) atoms. The van der Waals surface area contributed by atoms with E-state index >= 15 is 0 Å². The fraction of sp³-hybridized carbons (Fsp3) is 0.250. The fourth-order valence-electron chi connectivity index (χ4n) is 2.72. The molecule has 1 N–H and O–H groups in total. The number of benzene rings is 2. The molecule has 2 nitrogen and oxygen atoms in total. The van der Waals surface area contributed by atoms with E-state index in [1.54, 1.807) is 12.1 Å². The van der Waals surface area contributed by atoms with Gasteiger partial charge in [-0.1, -0.05) is 42.5 Å². The van der Waals surface area contributed by atoms with Crippen LogP contribution in [-0.2, 0) is 6.42 Å². The van der Waals surface area contributed by atoms with Crippen molar-refractivity contribution in [2.45, 2.75) is 19.1 Å². The van der Waals surface area contributed by atoms with Crippen LogP contribution in [0.5, 0.6) is 5.75 Å². The van der Waals surface area contributed by atoms with Gasteiger partial charge in [0.15, 0.2) is 0 Å². The van der Waals surface area contributed by atoms with Crippen molar-refractivity contribution in [2.24, 2.45) is 0 Å². The number of nitrogens with one attached hydrogen (secondary N) is 1. The summed E-state index contributed by atoms with van der Waals surface area (Å²) in [6, 6.07) is 15.1. The van der Waals surface area contributed by atoms with Crippen LogP contribution in [0.3, 0.4) is 0 Å². The lowest BCUT2D eigenvalue weighted by Gasteiger charge is -2.29. The number of alkyl halides is 2. The van der Waals surface area contributed by atoms with Gasteiger partial charge >= 0.3 is 6.61 Å². The first kappa shape index (κ1) is 13.1. The van der Waals surface area contributed by atoms with Gasteiger partial charge in [-0.2, -0.15) is 8.78 Å². The van der Waals surface area contributed by atoms with E-state index in [0.717, 1.165) is 29.7 Å². The van der Waals surface area contributed by atoms with Gasteiger partial charge < -0.3 is 10.1 Å². The Hall–Kier alpha value is -1.94. The molecule has 0 radical (unpaired) electrons. The molecule has 1 unspecified atom stereocenters. The van der Waals surface area contributed by atoms with Crippen LogP contribution in [0.4, 0.5) is 8.78 Å². The van der Waals surface area contributed by atoms with Crippen LogP contribution in [0.15, 0.2) is 48.5 Å². The molecule has 0 aromatic heterocycles. The van der Waals surface area contributed by atoms with Crippen molar-refractivity contribution in [2.75, 3.05) is 6.54 Å². The summed E-state index contributed by atoms with van der Waals surface area (Å²) in [4.78, 5) is 0. The van der Waals surface area contributed by atoms with Crippen molar-refractivity contribution in [3.63, 3.8) is 0 Å². The van der Waals surface area contributed by atoms with Crippen LogP contribution in [0.1, 0.15) is 22.7 Å². The Kier molecular flexibility index (Phi) is 3.65. The second-order valence-corrected chi connectivity index (χ2v) is 4.76. The zero-order valence-electron chi connectivity index (χ0n) is 10.9. The second kappa shape index (κ2) is 5.59. The van der Waals surface area contributed by atoms with E-state index in [-0.39, 0.29) is 11.8 Å². The SMILES string of the molecule is FC(F)Oc1cccc2c1C(c1ccccc1)NCC2. The average Bonchev–Trinajstić information content (AvgIpc) is 2.47. The van der Waals surface area contributed by atoms with Crippen molar-refractivity contribution in [1.29, 1.82) is 0 Å². The van der Waals surface area contributed by atoms with E-state index in [2.05, 4.69) is 5.32 Å². The molecule has 0 saturated heterocycles. The monoisotopic (exact) mass is 275 g/mol. The molecule has 104 valence electrons. The molecule has 0 aliphatic carbocycles. The summed E-state index contributed by atoms with van der Waals surface area (Å²) in [5, 5.41) is 3.38. The van der Waals surface area contributed by atoms with Crippen molar-refractivity contribution in [1.82, 2.24) is 5.32 Å². The third kappa shape index (κ3) is 2.51. The summed E-state index contributed by atoms with van der Waals surface area (Å²) in [5.74, 6) is 0.263. The van der Waals surface area contributed by atoms with Gasteiger partial charge in [0.2, 0.25) is 0 Å². The molecule has 0 saturated carbocycles. The smallest absolute Gasteiger partial charge is 0.387 e. The summed E-state index contributed by atoms with van der Waals surface area (Å²) in [6.45, 7) is -1.98. The standard InChI is InChI=1S/C16H15F2NO/c17-16(18)20-13-8-4-7-11-9-10-19-15(14(11)13)12-5-2-1-3-6-12/h1-8,15-16,19H,9-10H2. The number of fused-ring (bicyclic) bond motifs is 1. The molecule has 0 spiro atoms. The molecule has 1 aliphatic heterocycles. The topological polar surface area (TPSA) is 21.3 Å². The maximum absolute atomic E-state index is 12.6. The third-order valence-corrected chi connectivity index (χ3v) is 3.54. The molecule has 2 aromatic rings. The molecule has 1 atom stereocenters.